The number of methoxy groups -OCH3 is 1. The van der Waals surface area contributed by atoms with Gasteiger partial charge in [0.2, 0.25) is 11.8 Å². The lowest BCUT2D eigenvalue weighted by atomic mass is 10.00. The van der Waals surface area contributed by atoms with Gasteiger partial charge in [0.25, 0.3) is 5.91 Å². The van der Waals surface area contributed by atoms with Crippen LogP contribution in [0, 0.1) is 0 Å². The quantitative estimate of drug-likeness (QED) is 0.204. The van der Waals surface area contributed by atoms with Gasteiger partial charge in [0.05, 0.1) is 19.2 Å². The molecule has 10 nitrogen and oxygen atoms in total. The Kier molecular flexibility index (Phi) is 9.87. The Bertz CT molecular complexity index is 1740. The van der Waals surface area contributed by atoms with E-state index < -0.39 is 48.4 Å². The number of rotatable bonds is 10. The monoisotopic (exact) mass is 619 g/mol. The first-order chi connectivity index (χ1) is 22.2. The molecule has 4 aromatic rings. The number of amides is 3. The van der Waals surface area contributed by atoms with Crippen molar-refractivity contribution in [3.05, 3.63) is 131 Å². The number of fused-ring (bicyclic) bond motifs is 1. The summed E-state index contributed by atoms with van der Waals surface area (Å²) in [5.74, 6) is -2.14. The molecule has 0 aromatic heterocycles. The number of ketones is 1. The smallest absolute Gasteiger partial charge is 0.325 e. The van der Waals surface area contributed by atoms with Gasteiger partial charge in [0, 0.05) is 11.1 Å². The van der Waals surface area contributed by atoms with E-state index in [1.807, 2.05) is 12.1 Å². The fraction of sp³-hybridized carbons (Fsp3) is 0.194. The van der Waals surface area contributed by atoms with Gasteiger partial charge in [-0.3, -0.25) is 28.9 Å². The first-order valence-corrected chi connectivity index (χ1v) is 14.7. The standard InChI is InChI=1S/C36H33N3O7/c1-23(37-30(40)21-24-12-11-17-27(20-24)33(42)25-13-5-3-6-14-25)35(43)38-32-34(26-15-7-4-8-16-26)46-29-19-10-9-18-28(29)39(36(32)44)22-31(41)45-2/h3-20,23,32,34H,21-22H2,1-2H3,(H,37,40)(H,38,43)/t23?,32-,34+/m0/s1. The molecule has 0 radical (unpaired) electrons. The Hall–Kier alpha value is -5.77. The van der Waals surface area contributed by atoms with Crippen LogP contribution in [0.25, 0.3) is 0 Å². The Labute approximate surface area is 266 Å². The SMILES string of the molecule is COC(=O)CN1C(=O)[C@@H](NC(=O)C(C)NC(=O)Cc2cccc(C(=O)c3ccccc3)c2)[C@@H](c2ccccc2)Oc2ccccc21. The molecule has 5 rings (SSSR count). The number of carbonyl (C=O) groups is 5. The summed E-state index contributed by atoms with van der Waals surface area (Å²) in [5.41, 5.74) is 2.55. The van der Waals surface area contributed by atoms with Gasteiger partial charge in [-0.2, -0.15) is 0 Å². The van der Waals surface area contributed by atoms with Crippen LogP contribution >= 0.6 is 0 Å². The van der Waals surface area contributed by atoms with Crippen LogP contribution in [0.2, 0.25) is 0 Å². The molecule has 46 heavy (non-hydrogen) atoms. The minimum atomic E-state index is -1.26. The van der Waals surface area contributed by atoms with E-state index in [-0.39, 0.29) is 12.2 Å². The molecule has 3 atom stereocenters. The minimum Gasteiger partial charge on any atom is -0.481 e. The van der Waals surface area contributed by atoms with Crippen molar-refractivity contribution < 1.29 is 33.4 Å². The number of esters is 1. The molecular weight excluding hydrogens is 586 g/mol. The topological polar surface area (TPSA) is 131 Å². The van der Waals surface area contributed by atoms with Crippen LogP contribution in [0.3, 0.4) is 0 Å². The van der Waals surface area contributed by atoms with E-state index in [2.05, 4.69) is 10.6 Å². The summed E-state index contributed by atoms with van der Waals surface area (Å²) in [7, 11) is 1.22. The zero-order valence-corrected chi connectivity index (χ0v) is 25.3. The summed E-state index contributed by atoms with van der Waals surface area (Å²) >= 11 is 0. The van der Waals surface area contributed by atoms with Crippen molar-refractivity contribution in [3.8, 4) is 5.75 Å². The van der Waals surface area contributed by atoms with Crippen LogP contribution in [0.1, 0.15) is 40.1 Å². The molecule has 1 unspecified atom stereocenters. The van der Waals surface area contributed by atoms with E-state index >= 15 is 0 Å². The highest BCUT2D eigenvalue weighted by Gasteiger charge is 2.41. The molecule has 0 fully saturated rings. The van der Waals surface area contributed by atoms with Gasteiger partial charge in [-0.15, -0.1) is 0 Å². The minimum absolute atomic E-state index is 0.0755. The summed E-state index contributed by atoms with van der Waals surface area (Å²) in [5, 5.41) is 5.44. The van der Waals surface area contributed by atoms with E-state index in [1.54, 1.807) is 97.1 Å². The number of ether oxygens (including phenoxy) is 2. The second kappa shape index (κ2) is 14.3. The van der Waals surface area contributed by atoms with Crippen molar-refractivity contribution in [2.24, 2.45) is 0 Å². The highest BCUT2D eigenvalue weighted by Crippen LogP contribution is 2.37. The van der Waals surface area contributed by atoms with Gasteiger partial charge < -0.3 is 20.1 Å². The van der Waals surface area contributed by atoms with Crippen LogP contribution in [-0.2, 0) is 30.3 Å². The van der Waals surface area contributed by atoms with Crippen molar-refractivity contribution in [1.29, 1.82) is 0 Å². The van der Waals surface area contributed by atoms with Crippen molar-refractivity contribution in [3.63, 3.8) is 0 Å². The van der Waals surface area contributed by atoms with Crippen molar-refractivity contribution in [2.75, 3.05) is 18.6 Å². The van der Waals surface area contributed by atoms with Crippen LogP contribution in [0.5, 0.6) is 5.75 Å². The van der Waals surface area contributed by atoms with Crippen LogP contribution in [0.4, 0.5) is 5.69 Å². The average Bonchev–Trinajstić information content (AvgIpc) is 3.19. The summed E-state index contributed by atoms with van der Waals surface area (Å²) < 4.78 is 11.2. The van der Waals surface area contributed by atoms with E-state index in [0.29, 0.717) is 33.7 Å². The third kappa shape index (κ3) is 7.29. The maximum Gasteiger partial charge on any atom is 0.325 e. The van der Waals surface area contributed by atoms with Crippen molar-refractivity contribution in [2.45, 2.75) is 31.5 Å². The number of carbonyl (C=O) groups excluding carboxylic acids is 5. The molecule has 3 amide bonds. The Balaban J connectivity index is 1.33. The molecule has 1 aliphatic rings. The van der Waals surface area contributed by atoms with Crippen LogP contribution in [-0.4, -0.2) is 55.2 Å². The fourth-order valence-electron chi connectivity index (χ4n) is 5.20. The predicted molar refractivity (Wildman–Crippen MR) is 170 cm³/mol. The van der Waals surface area contributed by atoms with Gasteiger partial charge in [-0.25, -0.2) is 0 Å². The van der Waals surface area contributed by atoms with Gasteiger partial charge in [0.1, 0.15) is 24.4 Å². The fourth-order valence-corrected chi connectivity index (χ4v) is 5.20. The van der Waals surface area contributed by atoms with Crippen LogP contribution in [0.15, 0.2) is 109 Å². The highest BCUT2D eigenvalue weighted by atomic mass is 16.5. The second-order valence-electron chi connectivity index (χ2n) is 10.8. The number of benzene rings is 4. The maximum atomic E-state index is 14.1. The third-order valence-corrected chi connectivity index (χ3v) is 7.55. The summed E-state index contributed by atoms with van der Waals surface area (Å²) in [6, 6.07) is 29.0. The van der Waals surface area contributed by atoms with E-state index in [4.69, 9.17) is 9.47 Å². The highest BCUT2D eigenvalue weighted by molar-refractivity contribution is 6.09. The van der Waals surface area contributed by atoms with Gasteiger partial charge >= 0.3 is 5.97 Å². The zero-order valence-electron chi connectivity index (χ0n) is 25.3. The number of nitrogens with one attached hydrogen (secondary N) is 2. The average molecular weight is 620 g/mol. The molecule has 0 saturated heterocycles. The first kappa shape index (κ1) is 31.6. The largest absolute Gasteiger partial charge is 0.481 e. The molecule has 10 heteroatoms. The Morgan fingerprint density at radius 2 is 1.50 bits per heavy atom. The summed E-state index contributed by atoms with van der Waals surface area (Å²) in [6.07, 6.45) is -1.03. The Morgan fingerprint density at radius 1 is 0.848 bits per heavy atom. The van der Waals surface area contributed by atoms with Crippen molar-refractivity contribution >= 4 is 35.2 Å². The maximum absolute atomic E-state index is 14.1. The lowest BCUT2D eigenvalue weighted by molar-refractivity contribution is -0.140. The molecular formula is C36H33N3O7. The van der Waals surface area contributed by atoms with Gasteiger partial charge in [-0.1, -0.05) is 91.0 Å². The number of hydrogen-bond donors (Lipinski definition) is 2. The lowest BCUT2D eigenvalue weighted by Gasteiger charge is -2.28. The molecule has 234 valence electrons. The number of anilines is 1. The normalized spacial score (nSPS) is 16.2. The Morgan fingerprint density at radius 3 is 2.22 bits per heavy atom. The lowest BCUT2D eigenvalue weighted by Crippen LogP contribution is -2.56. The number of nitrogens with zero attached hydrogens (tertiary/aromatic N) is 1. The molecule has 0 spiro atoms. The molecule has 0 bridgehead atoms. The first-order valence-electron chi connectivity index (χ1n) is 14.7. The molecule has 2 N–H and O–H groups in total. The van der Waals surface area contributed by atoms with E-state index in [9.17, 15) is 24.0 Å². The second-order valence-corrected chi connectivity index (χ2v) is 10.8. The molecule has 1 aliphatic heterocycles. The molecule has 1 heterocycles. The number of hydrogen-bond acceptors (Lipinski definition) is 7. The summed E-state index contributed by atoms with van der Waals surface area (Å²) in [4.78, 5) is 67.0. The van der Waals surface area contributed by atoms with Gasteiger partial charge in [-0.05, 0) is 36.2 Å². The molecule has 0 aliphatic carbocycles. The third-order valence-electron chi connectivity index (χ3n) is 7.55. The summed E-state index contributed by atoms with van der Waals surface area (Å²) in [6.45, 7) is 1.10. The van der Waals surface area contributed by atoms with Crippen molar-refractivity contribution in [1.82, 2.24) is 10.6 Å². The number of para-hydroxylation sites is 2. The van der Waals surface area contributed by atoms with Gasteiger partial charge in [0.15, 0.2) is 11.9 Å². The predicted octanol–water partition coefficient (Wildman–Crippen LogP) is 3.79. The molecule has 0 saturated carbocycles. The van der Waals surface area contributed by atoms with E-state index in [1.165, 1.54) is 18.9 Å². The zero-order chi connectivity index (χ0) is 32.6. The molecule has 4 aromatic carbocycles. The van der Waals surface area contributed by atoms with Crippen LogP contribution < -0.4 is 20.3 Å². The van der Waals surface area contributed by atoms with E-state index in [0.717, 1.165) is 0 Å².